The number of ether oxygens (including phenoxy) is 1. The summed E-state index contributed by atoms with van der Waals surface area (Å²) < 4.78 is 5.06. The average molecular weight is 172 g/mol. The third kappa shape index (κ3) is 5.16. The molecule has 2 heteroatoms. The van der Waals surface area contributed by atoms with Crippen molar-refractivity contribution in [1.29, 1.82) is 0 Å². The van der Waals surface area contributed by atoms with Crippen LogP contribution in [0.3, 0.4) is 0 Å². The van der Waals surface area contributed by atoms with E-state index in [9.17, 15) is 4.79 Å². The maximum Gasteiger partial charge on any atom is 0.308 e. The van der Waals surface area contributed by atoms with Gasteiger partial charge in [0.25, 0.3) is 0 Å². The van der Waals surface area contributed by atoms with Crippen LogP contribution in [0.1, 0.15) is 46.5 Å². The van der Waals surface area contributed by atoms with Crippen LogP contribution in [0.25, 0.3) is 0 Å². The standard InChI is InChI=1S/C10H20O2/c1-4-6-8-12-10(11)9(3)7-5-2/h9H,4-8H2,1-3H3. The van der Waals surface area contributed by atoms with E-state index in [1.165, 1.54) is 0 Å². The van der Waals surface area contributed by atoms with Crippen LogP contribution < -0.4 is 0 Å². The Labute approximate surface area is 75.3 Å². The molecule has 0 rings (SSSR count). The molecule has 12 heavy (non-hydrogen) atoms. The fourth-order valence-electron chi connectivity index (χ4n) is 1.01. The minimum Gasteiger partial charge on any atom is -0.465 e. The molecule has 0 heterocycles. The van der Waals surface area contributed by atoms with Gasteiger partial charge in [0, 0.05) is 0 Å². The molecule has 2 nitrogen and oxygen atoms in total. The number of carbonyl (C=O) groups is 1. The van der Waals surface area contributed by atoms with Gasteiger partial charge in [-0.05, 0) is 12.8 Å². The fourth-order valence-corrected chi connectivity index (χ4v) is 1.01. The van der Waals surface area contributed by atoms with Crippen LogP contribution in [0.4, 0.5) is 0 Å². The van der Waals surface area contributed by atoms with E-state index in [-0.39, 0.29) is 11.9 Å². The Hall–Kier alpha value is -0.530. The molecule has 72 valence electrons. The molecule has 0 aromatic rings. The summed E-state index contributed by atoms with van der Waals surface area (Å²) in [5, 5.41) is 0. The first-order valence-electron chi connectivity index (χ1n) is 4.89. The zero-order chi connectivity index (χ0) is 9.40. The quantitative estimate of drug-likeness (QED) is 0.455. The molecule has 0 N–H and O–H groups in total. The second-order valence-corrected chi connectivity index (χ2v) is 3.21. The lowest BCUT2D eigenvalue weighted by Crippen LogP contribution is -2.15. The Morgan fingerprint density at radius 3 is 2.50 bits per heavy atom. The Morgan fingerprint density at radius 2 is 2.00 bits per heavy atom. The Bertz CT molecular complexity index is 121. The van der Waals surface area contributed by atoms with Gasteiger partial charge in [0.15, 0.2) is 0 Å². The Kier molecular flexibility index (Phi) is 6.82. The highest BCUT2D eigenvalue weighted by Crippen LogP contribution is 2.07. The number of esters is 1. The molecule has 0 radical (unpaired) electrons. The molecule has 1 unspecified atom stereocenters. The summed E-state index contributed by atoms with van der Waals surface area (Å²) in [6.45, 7) is 6.68. The second-order valence-electron chi connectivity index (χ2n) is 3.21. The van der Waals surface area contributed by atoms with E-state index < -0.39 is 0 Å². The Morgan fingerprint density at radius 1 is 1.33 bits per heavy atom. The summed E-state index contributed by atoms with van der Waals surface area (Å²) in [5.74, 6) is 0.0390. The van der Waals surface area contributed by atoms with Crippen molar-refractivity contribution in [2.75, 3.05) is 6.61 Å². The number of carbonyl (C=O) groups excluding carboxylic acids is 1. The molecule has 0 spiro atoms. The minimum atomic E-state index is -0.0368. The van der Waals surface area contributed by atoms with E-state index in [0.29, 0.717) is 6.61 Å². The molecule has 0 saturated heterocycles. The van der Waals surface area contributed by atoms with Gasteiger partial charge in [0.2, 0.25) is 0 Å². The van der Waals surface area contributed by atoms with Gasteiger partial charge >= 0.3 is 5.97 Å². The summed E-state index contributed by atoms with van der Waals surface area (Å²) >= 11 is 0. The van der Waals surface area contributed by atoms with Gasteiger partial charge in [0.05, 0.1) is 12.5 Å². The van der Waals surface area contributed by atoms with Gasteiger partial charge in [-0.1, -0.05) is 33.6 Å². The zero-order valence-corrected chi connectivity index (χ0v) is 8.43. The molecule has 1 atom stereocenters. The summed E-state index contributed by atoms with van der Waals surface area (Å²) in [6.07, 6.45) is 4.04. The van der Waals surface area contributed by atoms with E-state index in [1.54, 1.807) is 0 Å². The molecular formula is C10H20O2. The molecule has 0 aromatic carbocycles. The van der Waals surface area contributed by atoms with Crippen LogP contribution in [-0.2, 0) is 9.53 Å². The summed E-state index contributed by atoms with van der Waals surface area (Å²) in [6, 6.07) is 0. The SMILES string of the molecule is CCCCOC(=O)C(C)CCC. The maximum absolute atomic E-state index is 11.2. The first-order valence-corrected chi connectivity index (χ1v) is 4.89. The zero-order valence-electron chi connectivity index (χ0n) is 8.43. The van der Waals surface area contributed by atoms with Gasteiger partial charge in [0.1, 0.15) is 0 Å². The lowest BCUT2D eigenvalue weighted by Gasteiger charge is -2.09. The number of unbranched alkanes of at least 4 members (excludes halogenated alkanes) is 1. The number of hydrogen-bond acceptors (Lipinski definition) is 2. The van der Waals surface area contributed by atoms with Crippen molar-refractivity contribution in [2.24, 2.45) is 5.92 Å². The molecule has 0 amide bonds. The molecule has 0 bridgehead atoms. The van der Waals surface area contributed by atoms with Crippen molar-refractivity contribution in [2.45, 2.75) is 46.5 Å². The van der Waals surface area contributed by atoms with Crippen LogP contribution in [0.2, 0.25) is 0 Å². The maximum atomic E-state index is 11.2. The van der Waals surface area contributed by atoms with Crippen molar-refractivity contribution in [3.05, 3.63) is 0 Å². The Balaban J connectivity index is 3.43. The highest BCUT2D eigenvalue weighted by molar-refractivity contribution is 5.71. The first kappa shape index (κ1) is 11.5. The van der Waals surface area contributed by atoms with Gasteiger partial charge in [-0.3, -0.25) is 4.79 Å². The molecular weight excluding hydrogens is 152 g/mol. The molecule has 0 saturated carbocycles. The minimum absolute atomic E-state index is 0.0368. The number of rotatable bonds is 6. The van der Waals surface area contributed by atoms with Gasteiger partial charge in [-0.2, -0.15) is 0 Å². The van der Waals surface area contributed by atoms with Crippen LogP contribution in [0, 0.1) is 5.92 Å². The van der Waals surface area contributed by atoms with E-state index in [0.717, 1.165) is 25.7 Å². The molecule has 0 aliphatic heterocycles. The molecule has 0 aliphatic rings. The lowest BCUT2D eigenvalue weighted by atomic mass is 10.1. The van der Waals surface area contributed by atoms with Crippen molar-refractivity contribution >= 4 is 5.97 Å². The summed E-state index contributed by atoms with van der Waals surface area (Å²) in [5.41, 5.74) is 0. The van der Waals surface area contributed by atoms with Gasteiger partial charge in [-0.15, -0.1) is 0 Å². The molecule has 0 aromatic heterocycles. The van der Waals surface area contributed by atoms with Crippen molar-refractivity contribution in [3.63, 3.8) is 0 Å². The highest BCUT2D eigenvalue weighted by Gasteiger charge is 2.12. The largest absolute Gasteiger partial charge is 0.465 e. The topological polar surface area (TPSA) is 26.3 Å². The molecule has 0 fully saturated rings. The molecule has 0 aliphatic carbocycles. The van der Waals surface area contributed by atoms with Crippen molar-refractivity contribution in [3.8, 4) is 0 Å². The fraction of sp³-hybridized carbons (Fsp3) is 0.900. The average Bonchev–Trinajstić information content (AvgIpc) is 2.05. The predicted molar refractivity (Wildman–Crippen MR) is 49.9 cm³/mol. The van der Waals surface area contributed by atoms with Crippen LogP contribution >= 0.6 is 0 Å². The van der Waals surface area contributed by atoms with Crippen LogP contribution in [0.15, 0.2) is 0 Å². The highest BCUT2D eigenvalue weighted by atomic mass is 16.5. The smallest absolute Gasteiger partial charge is 0.308 e. The third-order valence-electron chi connectivity index (χ3n) is 1.87. The monoisotopic (exact) mass is 172 g/mol. The van der Waals surface area contributed by atoms with Crippen molar-refractivity contribution < 1.29 is 9.53 Å². The van der Waals surface area contributed by atoms with E-state index >= 15 is 0 Å². The summed E-state index contributed by atoms with van der Waals surface area (Å²) in [7, 11) is 0. The predicted octanol–water partition coefficient (Wildman–Crippen LogP) is 2.77. The van der Waals surface area contributed by atoms with E-state index in [4.69, 9.17) is 4.74 Å². The van der Waals surface area contributed by atoms with Crippen LogP contribution in [-0.4, -0.2) is 12.6 Å². The number of hydrogen-bond donors (Lipinski definition) is 0. The van der Waals surface area contributed by atoms with Gasteiger partial charge in [-0.25, -0.2) is 0 Å². The summed E-state index contributed by atoms with van der Waals surface area (Å²) in [4.78, 5) is 11.2. The third-order valence-corrected chi connectivity index (χ3v) is 1.87. The first-order chi connectivity index (χ1) is 5.72. The van der Waals surface area contributed by atoms with Gasteiger partial charge < -0.3 is 4.74 Å². The second kappa shape index (κ2) is 7.14. The van der Waals surface area contributed by atoms with Crippen molar-refractivity contribution in [1.82, 2.24) is 0 Å². The van der Waals surface area contributed by atoms with Crippen LogP contribution in [0.5, 0.6) is 0 Å². The normalized spacial score (nSPS) is 12.6. The lowest BCUT2D eigenvalue weighted by molar-refractivity contribution is -0.148. The van der Waals surface area contributed by atoms with E-state index in [1.807, 2.05) is 6.92 Å². The van der Waals surface area contributed by atoms with E-state index in [2.05, 4.69) is 13.8 Å².